The number of hydrogen-bond acceptors (Lipinski definition) is 5. The molecule has 196 valence electrons. The van der Waals surface area contributed by atoms with E-state index >= 15 is 0 Å². The van der Waals surface area contributed by atoms with Gasteiger partial charge in [-0.05, 0) is 48.4 Å². The molecule has 1 aliphatic rings. The van der Waals surface area contributed by atoms with Gasteiger partial charge in [0.15, 0.2) is 0 Å². The molecule has 4 aromatic rings. The number of amides is 2. The number of methoxy groups -OCH3 is 1. The number of fused-ring (bicyclic) bond motifs is 3. The summed E-state index contributed by atoms with van der Waals surface area (Å²) in [7, 11) is 1.59. The number of nitrogens with one attached hydrogen (secondary N) is 1. The minimum atomic E-state index is -4.85. The number of imidazole rings is 1. The Morgan fingerprint density at radius 3 is 2.53 bits per heavy atom. The Labute approximate surface area is 215 Å². The van der Waals surface area contributed by atoms with Crippen LogP contribution in [-0.2, 0) is 16.0 Å². The quantitative estimate of drug-likeness (QED) is 0.347. The minimum Gasteiger partial charge on any atom is -0.497 e. The number of ether oxygens (including phenoxy) is 2. The summed E-state index contributed by atoms with van der Waals surface area (Å²) in [6.07, 6.45) is -4.52. The second-order valence-electron chi connectivity index (χ2n) is 8.70. The number of rotatable bonds is 8. The van der Waals surface area contributed by atoms with Gasteiger partial charge < -0.3 is 14.8 Å². The SMILES string of the molecule is COc1ccc(CCN2C(=O)[C@@H](CC(=O)Nc3cccc(OC(F)(F)F)c3)n3c2nc2ccccc23)cc1. The van der Waals surface area contributed by atoms with E-state index in [-0.39, 0.29) is 18.0 Å². The number of alkyl halides is 3. The van der Waals surface area contributed by atoms with Crippen LogP contribution in [0.1, 0.15) is 18.0 Å². The van der Waals surface area contributed by atoms with Crippen molar-refractivity contribution in [3.8, 4) is 11.5 Å². The predicted molar refractivity (Wildman–Crippen MR) is 134 cm³/mol. The number of halogens is 3. The Morgan fingerprint density at radius 2 is 1.79 bits per heavy atom. The first-order valence-corrected chi connectivity index (χ1v) is 11.8. The summed E-state index contributed by atoms with van der Waals surface area (Å²) in [4.78, 5) is 32.7. The maximum atomic E-state index is 13.5. The molecule has 0 bridgehead atoms. The highest BCUT2D eigenvalue weighted by molar-refractivity contribution is 6.05. The van der Waals surface area contributed by atoms with Crippen molar-refractivity contribution in [2.45, 2.75) is 25.2 Å². The topological polar surface area (TPSA) is 85.7 Å². The molecule has 38 heavy (non-hydrogen) atoms. The summed E-state index contributed by atoms with van der Waals surface area (Å²) >= 11 is 0. The molecule has 11 heteroatoms. The molecule has 8 nitrogen and oxygen atoms in total. The van der Waals surface area contributed by atoms with Gasteiger partial charge in [0.05, 0.1) is 24.6 Å². The van der Waals surface area contributed by atoms with Crippen molar-refractivity contribution in [3.63, 3.8) is 0 Å². The van der Waals surface area contributed by atoms with Gasteiger partial charge in [0, 0.05) is 18.3 Å². The molecule has 0 saturated carbocycles. The third kappa shape index (κ3) is 5.26. The van der Waals surface area contributed by atoms with Gasteiger partial charge in [-0.25, -0.2) is 4.98 Å². The van der Waals surface area contributed by atoms with Gasteiger partial charge >= 0.3 is 6.36 Å². The third-order valence-corrected chi connectivity index (χ3v) is 6.19. The number of carbonyl (C=O) groups excluding carboxylic acids is 2. The Hall–Kier alpha value is -4.54. The Kier molecular flexibility index (Phi) is 6.66. The molecule has 0 unspecified atom stereocenters. The number of carbonyl (C=O) groups is 2. The third-order valence-electron chi connectivity index (χ3n) is 6.19. The van der Waals surface area contributed by atoms with Crippen molar-refractivity contribution in [2.75, 3.05) is 23.9 Å². The zero-order valence-corrected chi connectivity index (χ0v) is 20.2. The fraction of sp³-hybridized carbons (Fsp3) is 0.222. The van der Waals surface area contributed by atoms with Crippen molar-refractivity contribution in [2.24, 2.45) is 0 Å². The Morgan fingerprint density at radius 1 is 1.03 bits per heavy atom. The fourth-order valence-corrected chi connectivity index (χ4v) is 4.50. The van der Waals surface area contributed by atoms with Gasteiger partial charge in [0.1, 0.15) is 17.5 Å². The monoisotopic (exact) mass is 524 g/mol. The number of aromatic nitrogens is 2. The van der Waals surface area contributed by atoms with Crippen molar-refractivity contribution in [1.82, 2.24) is 9.55 Å². The van der Waals surface area contributed by atoms with Crippen molar-refractivity contribution < 1.29 is 32.2 Å². The molecule has 0 radical (unpaired) electrons. The van der Waals surface area contributed by atoms with E-state index in [1.165, 1.54) is 12.1 Å². The van der Waals surface area contributed by atoms with Gasteiger partial charge in [-0.3, -0.25) is 19.1 Å². The lowest BCUT2D eigenvalue weighted by Gasteiger charge is -2.16. The van der Waals surface area contributed by atoms with Crippen LogP contribution < -0.4 is 19.7 Å². The first kappa shape index (κ1) is 25.1. The summed E-state index contributed by atoms with van der Waals surface area (Å²) in [5.74, 6) is -0.0957. The summed E-state index contributed by atoms with van der Waals surface area (Å²) in [5.41, 5.74) is 2.52. The number of para-hydroxylation sites is 2. The van der Waals surface area contributed by atoms with Crippen LogP contribution in [0.5, 0.6) is 11.5 Å². The lowest BCUT2D eigenvalue weighted by atomic mass is 10.1. The molecule has 0 aliphatic carbocycles. The van der Waals surface area contributed by atoms with Gasteiger partial charge in [-0.1, -0.05) is 30.3 Å². The predicted octanol–water partition coefficient (Wildman–Crippen LogP) is 5.10. The molecule has 1 aromatic heterocycles. The number of anilines is 2. The molecule has 1 N–H and O–H groups in total. The molecular weight excluding hydrogens is 501 g/mol. The molecule has 1 aliphatic heterocycles. The molecule has 0 spiro atoms. The molecule has 2 heterocycles. The zero-order valence-electron chi connectivity index (χ0n) is 20.2. The smallest absolute Gasteiger partial charge is 0.497 e. The largest absolute Gasteiger partial charge is 0.573 e. The zero-order chi connectivity index (χ0) is 26.9. The molecule has 1 atom stereocenters. The lowest BCUT2D eigenvalue weighted by Crippen LogP contribution is -2.33. The maximum Gasteiger partial charge on any atom is 0.573 e. The normalized spacial score (nSPS) is 15.0. The van der Waals surface area contributed by atoms with Crippen LogP contribution in [-0.4, -0.2) is 41.4 Å². The van der Waals surface area contributed by atoms with E-state index in [0.717, 1.165) is 23.4 Å². The van der Waals surface area contributed by atoms with Crippen molar-refractivity contribution in [3.05, 3.63) is 78.4 Å². The molecule has 3 aromatic carbocycles. The van der Waals surface area contributed by atoms with Crippen molar-refractivity contribution in [1.29, 1.82) is 0 Å². The van der Waals surface area contributed by atoms with Gasteiger partial charge in [0.2, 0.25) is 11.9 Å². The first-order valence-electron chi connectivity index (χ1n) is 11.8. The number of hydrogen-bond donors (Lipinski definition) is 1. The fourth-order valence-electron chi connectivity index (χ4n) is 4.50. The second kappa shape index (κ2) is 10.1. The standard InChI is InChI=1S/C27H23F3N4O4/c1-37-19-11-9-17(10-12-19)13-14-33-25(36)23(34-22-8-3-2-7-21(22)32-26(33)34)16-24(35)31-18-5-4-6-20(15-18)38-27(28,29)30/h2-12,15,23H,13-14,16H2,1H3,(H,31,35)/t23-/m1/s1. The summed E-state index contributed by atoms with van der Waals surface area (Å²) in [6.45, 7) is 0.351. The van der Waals surface area contributed by atoms with E-state index < -0.39 is 24.1 Å². The van der Waals surface area contributed by atoms with Crippen LogP contribution in [0.4, 0.5) is 24.8 Å². The van der Waals surface area contributed by atoms with Gasteiger partial charge in [-0.15, -0.1) is 13.2 Å². The van der Waals surface area contributed by atoms with Gasteiger partial charge in [0.25, 0.3) is 5.91 Å². The second-order valence-corrected chi connectivity index (χ2v) is 8.70. The van der Waals surface area contributed by atoms with E-state index in [4.69, 9.17) is 4.74 Å². The average Bonchev–Trinajstić information content (AvgIpc) is 3.36. The van der Waals surface area contributed by atoms with Crippen LogP contribution in [0, 0.1) is 0 Å². The van der Waals surface area contributed by atoms with Crippen LogP contribution in [0.3, 0.4) is 0 Å². The van der Waals surface area contributed by atoms with Crippen LogP contribution >= 0.6 is 0 Å². The van der Waals surface area contributed by atoms with Crippen molar-refractivity contribution >= 4 is 34.5 Å². The maximum absolute atomic E-state index is 13.5. The van der Waals surface area contributed by atoms with E-state index in [1.807, 2.05) is 48.5 Å². The highest BCUT2D eigenvalue weighted by Crippen LogP contribution is 2.37. The van der Waals surface area contributed by atoms with Gasteiger partial charge in [-0.2, -0.15) is 0 Å². The van der Waals surface area contributed by atoms with Crippen LogP contribution in [0.2, 0.25) is 0 Å². The Balaban J connectivity index is 1.36. The summed E-state index contributed by atoms with van der Waals surface area (Å²) in [6, 6.07) is 19.0. The molecule has 2 amide bonds. The number of nitrogens with zero attached hydrogens (tertiary/aromatic N) is 3. The lowest BCUT2D eigenvalue weighted by molar-refractivity contribution is -0.274. The van der Waals surface area contributed by atoms with E-state index in [9.17, 15) is 22.8 Å². The van der Waals surface area contributed by atoms with Crippen LogP contribution in [0.25, 0.3) is 11.0 Å². The highest BCUT2D eigenvalue weighted by Gasteiger charge is 2.40. The van der Waals surface area contributed by atoms with E-state index in [1.54, 1.807) is 16.6 Å². The van der Waals surface area contributed by atoms with E-state index in [0.29, 0.717) is 29.9 Å². The molecule has 0 saturated heterocycles. The molecular formula is C27H23F3N4O4. The highest BCUT2D eigenvalue weighted by atomic mass is 19.4. The summed E-state index contributed by atoms with van der Waals surface area (Å²) in [5, 5.41) is 2.57. The number of benzene rings is 3. The summed E-state index contributed by atoms with van der Waals surface area (Å²) < 4.78 is 48.5. The average molecular weight is 524 g/mol. The minimum absolute atomic E-state index is 0.120. The molecule has 0 fully saturated rings. The Bertz CT molecular complexity index is 1480. The van der Waals surface area contributed by atoms with E-state index in [2.05, 4.69) is 15.0 Å². The molecule has 5 rings (SSSR count). The first-order chi connectivity index (χ1) is 18.2. The van der Waals surface area contributed by atoms with Crippen LogP contribution in [0.15, 0.2) is 72.8 Å².